The van der Waals surface area contributed by atoms with Crippen LogP contribution in [0.15, 0.2) is 65.2 Å². The minimum atomic E-state index is -0.775. The standard InChI is InChI=1S/C41H41N7O5/c1-25-4-6-30(37-26(2)44-53-27(37)3)21-35(25)46(32-9-7-31(8-10-32)41(24-42)15-16-41)23-28-12-17-45(18-13-28)22-29-5-11-33-34(20-29)39(51)48(38(33)50)47-19-14-36(49)43-40(47)52/h4-11,20-21,28H,12-19,22-23H2,1-3H3,(H,43,49,52). The van der Waals surface area contributed by atoms with Gasteiger partial charge < -0.3 is 9.42 Å². The lowest BCUT2D eigenvalue weighted by Crippen LogP contribution is -2.58. The van der Waals surface area contributed by atoms with Crippen LogP contribution in [0.5, 0.6) is 0 Å². The number of likely N-dealkylation sites (tertiary alicyclic amines) is 1. The van der Waals surface area contributed by atoms with Crippen molar-refractivity contribution in [1.29, 1.82) is 5.26 Å². The molecule has 8 rings (SSSR count). The summed E-state index contributed by atoms with van der Waals surface area (Å²) in [4.78, 5) is 55.3. The van der Waals surface area contributed by atoms with Gasteiger partial charge in [-0.3, -0.25) is 24.6 Å². The fraction of sp³-hybridized carbons (Fsp3) is 0.366. The first-order valence-corrected chi connectivity index (χ1v) is 18.2. The third-order valence-corrected chi connectivity index (χ3v) is 11.3. The second-order valence-corrected chi connectivity index (χ2v) is 14.8. The Morgan fingerprint density at radius 3 is 2.32 bits per heavy atom. The van der Waals surface area contributed by atoms with Crippen LogP contribution >= 0.6 is 0 Å². The molecule has 53 heavy (non-hydrogen) atoms. The molecule has 4 aromatic rings. The molecule has 3 aromatic carbocycles. The smallest absolute Gasteiger partial charge is 0.343 e. The Morgan fingerprint density at radius 2 is 1.66 bits per heavy atom. The van der Waals surface area contributed by atoms with Crippen LogP contribution in [0.25, 0.3) is 11.1 Å². The number of aromatic nitrogens is 1. The Bertz CT molecular complexity index is 2170. The molecule has 0 atom stereocenters. The number of carbonyl (C=O) groups is 4. The van der Waals surface area contributed by atoms with Crippen LogP contribution in [-0.2, 0) is 16.8 Å². The molecule has 0 unspecified atom stereocenters. The van der Waals surface area contributed by atoms with E-state index < -0.39 is 23.8 Å². The molecule has 0 bridgehead atoms. The Labute approximate surface area is 307 Å². The fourth-order valence-corrected chi connectivity index (χ4v) is 8.03. The highest BCUT2D eigenvalue weighted by molar-refractivity contribution is 6.22. The van der Waals surface area contributed by atoms with Crippen molar-refractivity contribution < 1.29 is 23.7 Å². The predicted octanol–water partition coefficient (Wildman–Crippen LogP) is 6.33. The summed E-state index contributed by atoms with van der Waals surface area (Å²) in [7, 11) is 0. The summed E-state index contributed by atoms with van der Waals surface area (Å²) >= 11 is 0. The van der Waals surface area contributed by atoms with Crippen LogP contribution in [0.4, 0.5) is 16.2 Å². The number of nitriles is 1. The second-order valence-electron chi connectivity index (χ2n) is 14.8. The first-order valence-electron chi connectivity index (χ1n) is 18.2. The maximum atomic E-state index is 13.3. The minimum Gasteiger partial charge on any atom is -0.361 e. The summed E-state index contributed by atoms with van der Waals surface area (Å²) in [5, 5.41) is 18.0. The number of rotatable bonds is 9. The molecule has 3 fully saturated rings. The number of hydrogen-bond donors (Lipinski definition) is 1. The molecular weight excluding hydrogens is 670 g/mol. The number of aryl methyl sites for hydroxylation is 3. The number of piperidine rings is 1. The quantitative estimate of drug-likeness (QED) is 0.197. The van der Waals surface area contributed by atoms with Gasteiger partial charge in [-0.05, 0) is 118 Å². The van der Waals surface area contributed by atoms with E-state index in [9.17, 15) is 24.4 Å². The molecule has 3 aliphatic heterocycles. The van der Waals surface area contributed by atoms with E-state index in [1.54, 1.807) is 12.1 Å². The van der Waals surface area contributed by atoms with Gasteiger partial charge in [0.05, 0.1) is 34.8 Å². The maximum absolute atomic E-state index is 13.3. The molecule has 0 radical (unpaired) electrons. The van der Waals surface area contributed by atoms with E-state index in [4.69, 9.17) is 4.52 Å². The fourth-order valence-electron chi connectivity index (χ4n) is 8.03. The molecule has 1 N–H and O–H groups in total. The largest absolute Gasteiger partial charge is 0.361 e. The van der Waals surface area contributed by atoms with Crippen LogP contribution in [0.1, 0.15) is 81.0 Å². The maximum Gasteiger partial charge on any atom is 0.343 e. The van der Waals surface area contributed by atoms with Crippen LogP contribution in [0, 0.1) is 38.0 Å². The molecule has 1 saturated carbocycles. The summed E-state index contributed by atoms with van der Waals surface area (Å²) in [6, 6.07) is 22.1. The van der Waals surface area contributed by atoms with Gasteiger partial charge in [0, 0.05) is 36.4 Å². The zero-order valence-corrected chi connectivity index (χ0v) is 30.1. The zero-order valence-electron chi connectivity index (χ0n) is 30.1. The lowest BCUT2D eigenvalue weighted by Gasteiger charge is -2.36. The first kappa shape index (κ1) is 34.3. The number of nitrogens with zero attached hydrogens (tertiary/aromatic N) is 6. The van der Waals surface area contributed by atoms with E-state index in [1.807, 2.05) is 19.9 Å². The van der Waals surface area contributed by atoms with E-state index in [1.165, 1.54) is 0 Å². The SMILES string of the molecule is Cc1ccc(-c2c(C)noc2C)cc1N(CC1CCN(Cc2ccc3c(c2)C(=O)N(N2CCC(=O)NC2=O)C3=O)CC1)c1ccc(C2(C#N)CC2)cc1. The average molecular weight is 712 g/mol. The van der Waals surface area contributed by atoms with Crippen molar-refractivity contribution in [3.05, 3.63) is 99.9 Å². The highest BCUT2D eigenvalue weighted by atomic mass is 16.5. The molecule has 5 amide bonds. The van der Waals surface area contributed by atoms with Crippen LogP contribution in [0.3, 0.4) is 0 Å². The molecule has 1 aliphatic carbocycles. The molecule has 12 heteroatoms. The van der Waals surface area contributed by atoms with Crippen LogP contribution in [-0.4, -0.2) is 70.0 Å². The van der Waals surface area contributed by atoms with Crippen molar-refractivity contribution in [1.82, 2.24) is 25.4 Å². The highest BCUT2D eigenvalue weighted by Gasteiger charge is 2.45. The molecule has 1 aromatic heterocycles. The van der Waals surface area contributed by atoms with Gasteiger partial charge in [-0.1, -0.05) is 35.5 Å². The summed E-state index contributed by atoms with van der Waals surface area (Å²) < 4.78 is 5.51. The number of fused-ring (bicyclic) bond motifs is 1. The number of benzene rings is 3. The number of hydrogen-bond acceptors (Lipinski definition) is 9. The first-order chi connectivity index (χ1) is 25.5. The van der Waals surface area contributed by atoms with Crippen molar-refractivity contribution in [3.63, 3.8) is 0 Å². The number of nitrogens with one attached hydrogen (secondary N) is 1. The molecule has 270 valence electrons. The van der Waals surface area contributed by atoms with Gasteiger partial charge in [0.15, 0.2) is 0 Å². The van der Waals surface area contributed by atoms with Crippen molar-refractivity contribution in [2.45, 2.75) is 64.8 Å². The molecule has 4 aliphatic rings. The van der Waals surface area contributed by atoms with Gasteiger partial charge in [-0.2, -0.15) is 10.3 Å². The number of anilines is 2. The topological polar surface area (TPSA) is 143 Å². The number of hydrazine groups is 1. The summed E-state index contributed by atoms with van der Waals surface area (Å²) in [5.41, 5.74) is 8.48. The van der Waals surface area contributed by atoms with E-state index in [0.717, 1.165) is 106 Å². The van der Waals surface area contributed by atoms with E-state index in [2.05, 4.69) is 75.7 Å². The van der Waals surface area contributed by atoms with Gasteiger partial charge >= 0.3 is 6.03 Å². The Balaban J connectivity index is 0.982. The summed E-state index contributed by atoms with van der Waals surface area (Å²) in [5.74, 6) is -0.355. The monoisotopic (exact) mass is 711 g/mol. The highest BCUT2D eigenvalue weighted by Crippen LogP contribution is 2.48. The Kier molecular flexibility index (Phi) is 8.61. The van der Waals surface area contributed by atoms with Gasteiger partial charge in [0.1, 0.15) is 5.76 Å². The minimum absolute atomic E-state index is 0.0156. The number of urea groups is 1. The zero-order chi connectivity index (χ0) is 37.0. The van der Waals surface area contributed by atoms with Crippen molar-refractivity contribution >= 4 is 35.1 Å². The number of carbonyl (C=O) groups excluding carboxylic acids is 4. The van der Waals surface area contributed by atoms with Gasteiger partial charge in [0.2, 0.25) is 5.91 Å². The van der Waals surface area contributed by atoms with Crippen LogP contribution in [0.2, 0.25) is 0 Å². The Hall–Kier alpha value is -5.80. The van der Waals surface area contributed by atoms with Crippen molar-refractivity contribution in [2.24, 2.45) is 5.92 Å². The summed E-state index contributed by atoms with van der Waals surface area (Å²) in [6.07, 6.45) is 3.79. The van der Waals surface area contributed by atoms with Gasteiger partial charge in [-0.25, -0.2) is 9.80 Å². The third-order valence-electron chi connectivity index (χ3n) is 11.3. The van der Waals surface area contributed by atoms with Gasteiger partial charge in [-0.15, -0.1) is 0 Å². The molecule has 12 nitrogen and oxygen atoms in total. The molecule has 2 saturated heterocycles. The van der Waals surface area contributed by atoms with Gasteiger partial charge in [0.25, 0.3) is 11.8 Å². The molecular formula is C41H41N7O5. The van der Waals surface area contributed by atoms with E-state index >= 15 is 0 Å². The Morgan fingerprint density at radius 1 is 0.925 bits per heavy atom. The molecule has 4 heterocycles. The predicted molar refractivity (Wildman–Crippen MR) is 196 cm³/mol. The van der Waals surface area contributed by atoms with Crippen molar-refractivity contribution in [2.75, 3.05) is 31.1 Å². The lowest BCUT2D eigenvalue weighted by atomic mass is 9.93. The molecule has 0 spiro atoms. The van der Waals surface area contributed by atoms with Crippen molar-refractivity contribution in [3.8, 4) is 17.2 Å². The normalized spacial score (nSPS) is 18.6. The van der Waals surface area contributed by atoms with Crippen LogP contribution < -0.4 is 10.2 Å². The lowest BCUT2D eigenvalue weighted by molar-refractivity contribution is -0.122. The summed E-state index contributed by atoms with van der Waals surface area (Å²) in [6.45, 7) is 9.21. The van der Waals surface area contributed by atoms with E-state index in [0.29, 0.717) is 12.5 Å². The third kappa shape index (κ3) is 6.25. The van der Waals surface area contributed by atoms with E-state index in [-0.39, 0.29) is 29.5 Å². The number of imide groups is 2. The number of amides is 5. The average Bonchev–Trinajstić information content (AvgIpc) is 3.84. The second kappa shape index (κ2) is 13.3.